The predicted molar refractivity (Wildman–Crippen MR) is 73.5 cm³/mol. The number of nitrogens with two attached hydrogens (primary N) is 1. The van der Waals surface area contributed by atoms with Crippen molar-refractivity contribution in [2.24, 2.45) is 5.73 Å². The molecule has 0 fully saturated rings. The molecule has 1 amide bonds. The van der Waals surface area contributed by atoms with Crippen molar-refractivity contribution in [1.29, 1.82) is 0 Å². The van der Waals surface area contributed by atoms with E-state index >= 15 is 0 Å². The zero-order valence-corrected chi connectivity index (χ0v) is 11.9. The third-order valence-electron chi connectivity index (χ3n) is 2.53. The fraction of sp³-hybridized carbons (Fsp3) is 0.364. The van der Waals surface area contributed by atoms with Crippen LogP contribution in [0.2, 0.25) is 0 Å². The maximum Gasteiger partial charge on any atom is 0.219 e. The Morgan fingerprint density at radius 3 is 3.00 bits per heavy atom. The second-order valence-corrected chi connectivity index (χ2v) is 5.12. The molecular formula is C11H12BrClN4O. The highest BCUT2D eigenvalue weighted by atomic mass is 79.9. The van der Waals surface area contributed by atoms with Crippen LogP contribution in [0.15, 0.2) is 16.7 Å². The zero-order valence-electron chi connectivity index (χ0n) is 9.57. The van der Waals surface area contributed by atoms with Crippen molar-refractivity contribution in [1.82, 2.24) is 14.5 Å². The van der Waals surface area contributed by atoms with Crippen molar-refractivity contribution in [2.45, 2.75) is 19.4 Å². The van der Waals surface area contributed by atoms with Crippen LogP contribution in [0, 0.1) is 0 Å². The molecule has 18 heavy (non-hydrogen) atoms. The van der Waals surface area contributed by atoms with Gasteiger partial charge in [-0.15, -0.1) is 11.6 Å². The molecule has 5 nitrogen and oxygen atoms in total. The molecule has 0 aliphatic carbocycles. The molecule has 0 aliphatic rings. The van der Waals surface area contributed by atoms with Gasteiger partial charge in [0, 0.05) is 35.9 Å². The maximum absolute atomic E-state index is 10.9. The highest BCUT2D eigenvalue weighted by Gasteiger charge is 2.12. The van der Waals surface area contributed by atoms with Crippen LogP contribution in [0.1, 0.15) is 12.2 Å². The first-order valence-electron chi connectivity index (χ1n) is 5.46. The van der Waals surface area contributed by atoms with Gasteiger partial charge in [-0.25, -0.2) is 9.97 Å². The van der Waals surface area contributed by atoms with Gasteiger partial charge in [0.1, 0.15) is 11.3 Å². The number of imidazole rings is 1. The summed E-state index contributed by atoms with van der Waals surface area (Å²) in [6.07, 6.45) is 2.60. The summed E-state index contributed by atoms with van der Waals surface area (Å²) in [5.74, 6) is 0.957. The zero-order chi connectivity index (χ0) is 13.1. The number of hydrogen-bond donors (Lipinski definition) is 1. The number of primary amides is 1. The van der Waals surface area contributed by atoms with Crippen LogP contribution in [0.25, 0.3) is 11.2 Å². The Balaban J connectivity index is 2.44. The molecule has 2 heterocycles. The predicted octanol–water partition coefficient (Wildman–Crippen LogP) is 1.85. The smallest absolute Gasteiger partial charge is 0.219 e. The van der Waals surface area contributed by atoms with Gasteiger partial charge >= 0.3 is 0 Å². The number of fused-ring (bicyclic) bond motifs is 1. The van der Waals surface area contributed by atoms with Crippen molar-refractivity contribution in [3.05, 3.63) is 22.6 Å². The molecule has 7 heteroatoms. The number of amides is 1. The van der Waals surface area contributed by atoms with E-state index in [2.05, 4.69) is 25.9 Å². The number of rotatable bonds is 5. The lowest BCUT2D eigenvalue weighted by Crippen LogP contribution is -2.15. The lowest BCUT2D eigenvalue weighted by molar-refractivity contribution is -0.118. The molecule has 0 unspecified atom stereocenters. The van der Waals surface area contributed by atoms with E-state index in [0.717, 1.165) is 21.5 Å². The van der Waals surface area contributed by atoms with Gasteiger partial charge in [0.05, 0.1) is 0 Å². The SMILES string of the molecule is NC(=O)CCn1c(CCCl)nc2cc(Br)cnc21. The van der Waals surface area contributed by atoms with E-state index in [1.54, 1.807) is 6.20 Å². The minimum Gasteiger partial charge on any atom is -0.370 e. The summed E-state index contributed by atoms with van der Waals surface area (Å²) < 4.78 is 2.77. The van der Waals surface area contributed by atoms with Crippen LogP contribution in [-0.2, 0) is 17.8 Å². The van der Waals surface area contributed by atoms with E-state index < -0.39 is 0 Å². The van der Waals surface area contributed by atoms with E-state index in [0.29, 0.717) is 18.8 Å². The van der Waals surface area contributed by atoms with Crippen LogP contribution in [0.4, 0.5) is 0 Å². The van der Waals surface area contributed by atoms with Gasteiger partial charge in [0.2, 0.25) is 5.91 Å². The molecule has 0 aliphatic heterocycles. The fourth-order valence-corrected chi connectivity index (χ4v) is 2.25. The van der Waals surface area contributed by atoms with Gasteiger partial charge < -0.3 is 10.3 Å². The summed E-state index contributed by atoms with van der Waals surface area (Å²) in [7, 11) is 0. The number of pyridine rings is 1. The summed E-state index contributed by atoms with van der Waals surface area (Å²) in [5.41, 5.74) is 6.71. The van der Waals surface area contributed by atoms with Crippen LogP contribution in [-0.4, -0.2) is 26.3 Å². The fourth-order valence-electron chi connectivity index (χ4n) is 1.77. The van der Waals surface area contributed by atoms with E-state index in [4.69, 9.17) is 17.3 Å². The molecule has 2 aromatic heterocycles. The number of aryl methyl sites for hydroxylation is 2. The van der Waals surface area contributed by atoms with Gasteiger partial charge in [0.15, 0.2) is 5.65 Å². The third-order valence-corrected chi connectivity index (χ3v) is 3.15. The lowest BCUT2D eigenvalue weighted by atomic mass is 10.3. The third kappa shape index (κ3) is 2.81. The first kappa shape index (κ1) is 13.3. The molecule has 0 spiro atoms. The Morgan fingerprint density at radius 2 is 2.33 bits per heavy atom. The topological polar surface area (TPSA) is 73.8 Å². The molecule has 2 N–H and O–H groups in total. The molecular weight excluding hydrogens is 320 g/mol. The molecule has 0 bridgehead atoms. The molecule has 2 aromatic rings. The van der Waals surface area contributed by atoms with Crippen LogP contribution in [0.3, 0.4) is 0 Å². The minimum atomic E-state index is -0.342. The second kappa shape index (κ2) is 5.67. The molecule has 0 saturated carbocycles. The van der Waals surface area contributed by atoms with Crippen molar-refractivity contribution >= 4 is 44.6 Å². The van der Waals surface area contributed by atoms with Crippen molar-refractivity contribution in [2.75, 3.05) is 5.88 Å². The Morgan fingerprint density at radius 1 is 1.56 bits per heavy atom. The summed E-state index contributed by atoms with van der Waals surface area (Å²) in [6, 6.07) is 1.89. The van der Waals surface area contributed by atoms with Crippen molar-refractivity contribution in [3.8, 4) is 0 Å². The van der Waals surface area contributed by atoms with E-state index in [1.807, 2.05) is 10.6 Å². The van der Waals surface area contributed by atoms with Crippen LogP contribution < -0.4 is 5.73 Å². The largest absolute Gasteiger partial charge is 0.370 e. The number of aromatic nitrogens is 3. The summed E-state index contributed by atoms with van der Waals surface area (Å²) in [4.78, 5) is 19.7. The van der Waals surface area contributed by atoms with Crippen LogP contribution >= 0.6 is 27.5 Å². The average molecular weight is 332 g/mol. The first-order valence-corrected chi connectivity index (χ1v) is 6.79. The molecule has 96 valence electrons. The van der Waals surface area contributed by atoms with Gasteiger partial charge in [-0.3, -0.25) is 4.79 Å². The van der Waals surface area contributed by atoms with Crippen molar-refractivity contribution < 1.29 is 4.79 Å². The highest BCUT2D eigenvalue weighted by Crippen LogP contribution is 2.19. The average Bonchev–Trinajstić information content (AvgIpc) is 2.63. The van der Waals surface area contributed by atoms with E-state index in [1.165, 1.54) is 0 Å². The second-order valence-electron chi connectivity index (χ2n) is 3.83. The summed E-state index contributed by atoms with van der Waals surface area (Å²) in [6.45, 7) is 0.479. The van der Waals surface area contributed by atoms with E-state index in [-0.39, 0.29) is 12.3 Å². The number of hydrogen-bond acceptors (Lipinski definition) is 3. The standard InChI is InChI=1S/C11H12BrClN4O/c12-7-5-8-11(15-6-7)17(4-2-9(14)18)10(16-8)1-3-13/h5-6H,1-4H2,(H2,14,18). The number of carbonyl (C=O) groups excluding carboxylic acids is 1. The van der Waals surface area contributed by atoms with Gasteiger partial charge in [-0.1, -0.05) is 0 Å². The Labute approximate surface area is 117 Å². The van der Waals surface area contributed by atoms with Gasteiger partial charge in [0.25, 0.3) is 0 Å². The monoisotopic (exact) mass is 330 g/mol. The van der Waals surface area contributed by atoms with Crippen LogP contribution in [0.5, 0.6) is 0 Å². The lowest BCUT2D eigenvalue weighted by Gasteiger charge is -2.05. The van der Waals surface area contributed by atoms with Gasteiger partial charge in [-0.05, 0) is 22.0 Å². The molecule has 0 saturated heterocycles. The summed E-state index contributed by atoms with van der Waals surface area (Å²) in [5, 5.41) is 0. The normalized spacial score (nSPS) is 11.0. The minimum absolute atomic E-state index is 0.262. The number of halogens is 2. The Kier molecular flexibility index (Phi) is 4.19. The first-order chi connectivity index (χ1) is 8.61. The number of carbonyl (C=O) groups is 1. The van der Waals surface area contributed by atoms with E-state index in [9.17, 15) is 4.79 Å². The molecule has 0 radical (unpaired) electrons. The van der Waals surface area contributed by atoms with Gasteiger partial charge in [-0.2, -0.15) is 0 Å². The Hall–Kier alpha value is -1.14. The number of nitrogens with zero attached hydrogens (tertiary/aromatic N) is 3. The molecule has 0 atom stereocenters. The molecule has 0 aromatic carbocycles. The maximum atomic E-state index is 10.9. The summed E-state index contributed by atoms with van der Waals surface area (Å²) >= 11 is 9.11. The Bertz CT molecular complexity index is 584. The highest BCUT2D eigenvalue weighted by molar-refractivity contribution is 9.10. The number of alkyl halides is 1. The molecule has 2 rings (SSSR count). The van der Waals surface area contributed by atoms with Crippen molar-refractivity contribution in [3.63, 3.8) is 0 Å². The quantitative estimate of drug-likeness (QED) is 0.850.